The summed E-state index contributed by atoms with van der Waals surface area (Å²) in [4.78, 5) is 54.5. The Morgan fingerprint density at radius 3 is 1.11 bits per heavy atom. The van der Waals surface area contributed by atoms with Crippen LogP contribution < -0.4 is 43.7 Å². The number of benzene rings is 6. The van der Waals surface area contributed by atoms with Crippen LogP contribution in [0.1, 0.15) is 119 Å². The number of nitrogens with one attached hydrogen (secondary N) is 5. The number of carbonyl (C=O) groups is 2. The molecule has 6 aromatic heterocycles. The van der Waals surface area contributed by atoms with E-state index in [4.69, 9.17) is 72.4 Å². The Hall–Kier alpha value is -9.80. The number of pyridine rings is 4. The molecule has 18 rings (SSSR count). The van der Waals surface area contributed by atoms with E-state index in [2.05, 4.69) is 254 Å². The van der Waals surface area contributed by atoms with Gasteiger partial charge in [-0.25, -0.2) is 10.6 Å². The largest absolute Gasteiger partial charge is 0.494 e. The number of aryl methyl sites for hydroxylation is 2. The van der Waals surface area contributed by atoms with Gasteiger partial charge in [-0.05, 0) is 224 Å². The number of anilines is 4. The van der Waals surface area contributed by atoms with Crippen LogP contribution >= 0.6 is 47.8 Å². The van der Waals surface area contributed by atoms with Crippen molar-refractivity contribution in [1.29, 1.82) is 0 Å². The molecule has 6 aliphatic heterocycles. The number of ether oxygens (including phenoxy) is 9. The third-order valence-corrected chi connectivity index (χ3v) is 26.8. The van der Waals surface area contributed by atoms with Crippen molar-refractivity contribution in [2.45, 2.75) is 119 Å². The number of esters is 1. The number of hydrogen-bond donors (Lipinski definition) is 7. The predicted octanol–water partition coefficient (Wildman–Crippen LogP) is 16.0. The average Bonchev–Trinajstić information content (AvgIpc) is 1.66. The van der Waals surface area contributed by atoms with Crippen molar-refractivity contribution in [2.24, 2.45) is 11.6 Å². The van der Waals surface area contributed by atoms with Gasteiger partial charge in [0.25, 0.3) is 24.2 Å². The first kappa shape index (κ1) is 114. The van der Waals surface area contributed by atoms with Crippen molar-refractivity contribution in [3.8, 4) is 34.0 Å². The van der Waals surface area contributed by atoms with Crippen molar-refractivity contribution in [1.82, 2.24) is 70.3 Å². The molecule has 782 valence electrons. The summed E-state index contributed by atoms with van der Waals surface area (Å²) in [7, 11) is -0.245. The number of nitrogens with zero attached hydrogens (tertiary/aromatic N) is 13. The summed E-state index contributed by atoms with van der Waals surface area (Å²) in [6.07, 6.45) is 14.6. The highest BCUT2D eigenvalue weighted by atomic mass is 79.9. The van der Waals surface area contributed by atoms with Crippen molar-refractivity contribution in [3.63, 3.8) is 0 Å². The zero-order chi connectivity index (χ0) is 103. The Morgan fingerprint density at radius 2 is 0.752 bits per heavy atom. The van der Waals surface area contributed by atoms with Crippen molar-refractivity contribution in [2.75, 3.05) is 245 Å². The van der Waals surface area contributed by atoms with Crippen LogP contribution in [-0.4, -0.2) is 325 Å². The molecule has 0 spiro atoms. The number of hydrogen-bond acceptors (Lipinski definition) is 34. The second-order valence-electron chi connectivity index (χ2n) is 36.1. The van der Waals surface area contributed by atoms with E-state index in [1.165, 1.54) is 29.5 Å². The van der Waals surface area contributed by atoms with Gasteiger partial charge in [-0.3, -0.25) is 54.7 Å². The van der Waals surface area contributed by atoms with E-state index < -0.39 is 6.48 Å². The van der Waals surface area contributed by atoms with Gasteiger partial charge in [-0.2, -0.15) is 0 Å². The molecular weight excluding hydrogens is 2040 g/mol. The van der Waals surface area contributed by atoms with Crippen molar-refractivity contribution >= 4 is 139 Å². The topological polar surface area (TPSA) is 393 Å². The quantitative estimate of drug-likeness (QED) is 0.00365. The fraction of sp³-hybridized carbons (Fsp3) is 0.491. The minimum Gasteiger partial charge on any atom is -0.462 e. The van der Waals surface area contributed by atoms with Gasteiger partial charge < -0.3 is 87.8 Å². The molecule has 39 heteroatoms. The summed E-state index contributed by atoms with van der Waals surface area (Å²) in [6.45, 7) is 49.4. The van der Waals surface area contributed by atoms with Gasteiger partial charge >= 0.3 is 13.1 Å². The number of rotatable bonds is 36. The number of aromatic nitrogens is 8. The van der Waals surface area contributed by atoms with Crippen LogP contribution in [0, 0.1) is 13.8 Å². The van der Waals surface area contributed by atoms with Crippen molar-refractivity contribution in [3.05, 3.63) is 195 Å². The van der Waals surface area contributed by atoms with Crippen LogP contribution in [0.2, 0.25) is 0 Å². The van der Waals surface area contributed by atoms with Gasteiger partial charge in [-0.15, -0.1) is 20.4 Å². The Kier molecular flexibility index (Phi) is 47.6. The standard InChI is InChI=1S/C25H27N5O2.C19H24BrN3O3.C18H20BrN5O2.C17H22BrN5O2.C13H19BO2.C7H16N2O.C7H16O3/c1-18-3-5-19(6-4-18)20-7-8-23-21(15-20)24(22(16-27-23)25-29-28-17-32-25)26-9-2-10-30-11-13-31-14-12-30;1-2-26-19(24)16-13-22-17-5-4-14(20)12-15(17)18(16)21-6-3-7-23-8-10-25-11-9-23;19-13-2-3-16-14(10-13)17(15(11-21-16)18-23-22-12-26-18)20-4-1-5-24-6-8-25-9-7-24;18-12-2-3-15-13(10-12)16(14(11-21-15)17(24)22-19)20-4-1-5-23-6-8-25-9-7-23;1-10-6-8-11(9-7-10)14-15-12(2,3)13(4,5)16-14;8-2-1-3-9-4-6-10-7-5-9;1-4-8-7(9-5-2)10-6-3/h3-8,15-17H,2,9-14H2,1H3,(H,26,27);4-5,12-13H,2-3,6-11H2,1H3,(H,21,22);2-3,10-12H,1,4-9H2,(H,20,21);2-3,10-11H,1,4-9,19H2,(H,20,21)(H,22,24);6-9H,1-5H3;1-8H2;7H,4-6H2,1-3H3. The molecule has 12 heterocycles. The average molecular weight is 2190 g/mol. The predicted molar refractivity (Wildman–Crippen MR) is 582 cm³/mol. The lowest BCUT2D eigenvalue weighted by atomic mass is 9.79. The third kappa shape index (κ3) is 35.5. The van der Waals surface area contributed by atoms with Crippen LogP contribution in [0.15, 0.2) is 181 Å². The molecule has 35 nitrogen and oxygen atoms in total. The number of amides is 1. The molecule has 0 atom stereocenters. The molecule has 0 radical (unpaired) electrons. The Morgan fingerprint density at radius 1 is 0.421 bits per heavy atom. The minimum absolute atomic E-state index is 0.245. The molecule has 12 aromatic rings. The third-order valence-electron chi connectivity index (χ3n) is 25.3. The highest BCUT2D eigenvalue weighted by Gasteiger charge is 2.51. The van der Waals surface area contributed by atoms with Crippen molar-refractivity contribution < 1.29 is 70.4 Å². The molecule has 0 aliphatic carbocycles. The number of fused-ring (bicyclic) bond motifs is 4. The van der Waals surface area contributed by atoms with Gasteiger partial charge in [0.15, 0.2) is 0 Å². The van der Waals surface area contributed by atoms with E-state index >= 15 is 0 Å². The molecule has 6 aromatic carbocycles. The number of nitrogens with two attached hydrogens (primary N) is 2. The molecule has 0 saturated carbocycles. The van der Waals surface area contributed by atoms with E-state index in [1.54, 1.807) is 25.5 Å². The molecular formula is C106H144BBr3N20O15. The summed E-state index contributed by atoms with van der Waals surface area (Å²) in [5, 5.41) is 33.8. The van der Waals surface area contributed by atoms with Gasteiger partial charge in [0, 0.05) is 171 Å². The number of nitrogen functional groups attached to an aromatic ring is 1. The maximum Gasteiger partial charge on any atom is 0.494 e. The van der Waals surface area contributed by atoms with Crippen LogP contribution in [0.4, 0.5) is 22.7 Å². The molecule has 0 unspecified atom stereocenters. The minimum atomic E-state index is -0.472. The maximum absolute atomic E-state index is 12.3. The van der Waals surface area contributed by atoms with E-state index in [9.17, 15) is 9.59 Å². The maximum atomic E-state index is 12.3. The van der Waals surface area contributed by atoms with Crippen LogP contribution in [0.25, 0.3) is 77.6 Å². The van der Waals surface area contributed by atoms with Gasteiger partial charge in [0.2, 0.25) is 12.8 Å². The fourth-order valence-electron chi connectivity index (χ4n) is 16.7. The Labute approximate surface area is 877 Å². The smallest absolute Gasteiger partial charge is 0.462 e. The van der Waals surface area contributed by atoms with E-state index in [0.29, 0.717) is 49.3 Å². The van der Waals surface area contributed by atoms with Gasteiger partial charge in [0.1, 0.15) is 5.56 Å². The van der Waals surface area contributed by atoms with Crippen LogP contribution in [0.3, 0.4) is 0 Å². The first-order chi connectivity index (χ1) is 70.6. The fourth-order valence-corrected chi connectivity index (χ4v) is 17.7. The molecule has 145 heavy (non-hydrogen) atoms. The number of halogens is 3. The highest BCUT2D eigenvalue weighted by Crippen LogP contribution is 2.40. The van der Waals surface area contributed by atoms with Gasteiger partial charge in [-0.1, -0.05) is 114 Å². The van der Waals surface area contributed by atoms with Crippen LogP contribution in [-0.2, 0) is 51.9 Å². The molecule has 6 saturated heterocycles. The molecule has 6 aliphatic rings. The van der Waals surface area contributed by atoms with E-state index in [-0.39, 0.29) is 30.2 Å². The van der Waals surface area contributed by atoms with Gasteiger partial charge in [0.05, 0.1) is 145 Å². The number of carbonyl (C=O) groups excluding carboxylic acids is 2. The summed E-state index contributed by atoms with van der Waals surface area (Å²) < 4.78 is 73.0. The first-order valence-electron chi connectivity index (χ1n) is 50.4. The zero-order valence-corrected chi connectivity index (χ0v) is 90.2. The normalized spacial score (nSPS) is 16.0. The lowest BCUT2D eigenvalue weighted by molar-refractivity contribution is -0.282. The van der Waals surface area contributed by atoms with E-state index in [0.717, 1.165) is 331 Å². The van der Waals surface area contributed by atoms with E-state index in [1.807, 2.05) is 75.5 Å². The number of morpholine rings is 5. The van der Waals surface area contributed by atoms with Crippen LogP contribution in [0.5, 0.6) is 0 Å². The summed E-state index contributed by atoms with van der Waals surface area (Å²) in [5.41, 5.74) is 22.6. The summed E-state index contributed by atoms with van der Waals surface area (Å²) >= 11 is 10.5. The highest BCUT2D eigenvalue weighted by molar-refractivity contribution is 9.11. The summed E-state index contributed by atoms with van der Waals surface area (Å²) in [6, 6.07) is 41.0. The second-order valence-corrected chi connectivity index (χ2v) is 38.9. The lowest BCUT2D eigenvalue weighted by Crippen LogP contribution is -2.41. The monoisotopic (exact) mass is 2180 g/mol. The lowest BCUT2D eigenvalue weighted by Gasteiger charge is -2.32. The second kappa shape index (κ2) is 60.6. The molecule has 9 N–H and O–H groups in total. The Balaban J connectivity index is 0.000000155. The first-order valence-corrected chi connectivity index (χ1v) is 52.8. The number of hydrazine groups is 1. The zero-order valence-electron chi connectivity index (χ0n) is 85.5. The SMILES string of the molecule is Brc1ccc2ncc(-c3nnco3)c(NCCCN3CCOCC3)c2c1.CCOC(=O)c1cnc2ccc(Br)cc2c1NCCCN1CCOCC1.CCOC(OCC)OCC.Cc1ccc(-c2ccc3ncc(-c4nnco4)c(NCCCN4CCOCC4)c3c2)cc1.Cc1ccc(B2OC(C)(C)C(C)(C)O2)cc1.NCCCN1CCOCC1.NNC(=O)c1cnc2ccc(Br)cc2c1NCCCN1CCOCC1. The molecule has 0 bridgehead atoms. The summed E-state index contributed by atoms with van der Waals surface area (Å²) in [5.74, 6) is 5.55. The Bertz CT molecular complexity index is 5840. The molecule has 1 amide bonds. The molecule has 6 fully saturated rings.